The molecule has 0 amide bonds. The van der Waals surface area contributed by atoms with Crippen molar-refractivity contribution in [3.05, 3.63) is 18.2 Å². The number of nitrogens with two attached hydrogens (primary N) is 1. The Bertz CT molecular complexity index is 431. The average molecular weight is 232 g/mol. The molecule has 0 unspecified atom stereocenters. The van der Waals surface area contributed by atoms with Crippen LogP contribution >= 0.6 is 0 Å². The van der Waals surface area contributed by atoms with Gasteiger partial charge in [0.25, 0.3) is 0 Å². The van der Waals surface area contributed by atoms with Gasteiger partial charge in [-0.25, -0.2) is 0 Å². The minimum Gasteiger partial charge on any atom is -0.399 e. The van der Waals surface area contributed by atoms with Crippen LogP contribution in [0.5, 0.6) is 0 Å². The summed E-state index contributed by atoms with van der Waals surface area (Å²) in [6, 6.07) is 6.84. The van der Waals surface area contributed by atoms with Gasteiger partial charge in [-0.3, -0.25) is 0 Å². The van der Waals surface area contributed by atoms with Gasteiger partial charge in [-0.05, 0) is 25.2 Å². The highest BCUT2D eigenvalue weighted by atomic mass is 15.3. The Hall–Kier alpha value is -1.42. The molecule has 0 saturated carbocycles. The van der Waals surface area contributed by atoms with E-state index in [0.29, 0.717) is 6.04 Å². The first-order valence-electron chi connectivity index (χ1n) is 6.21. The van der Waals surface area contributed by atoms with Crippen molar-refractivity contribution >= 4 is 17.1 Å². The fraction of sp³-hybridized carbons (Fsp3) is 0.538. The van der Waals surface area contributed by atoms with Gasteiger partial charge in [0.2, 0.25) is 0 Å². The van der Waals surface area contributed by atoms with Crippen molar-refractivity contribution in [3.8, 4) is 0 Å². The van der Waals surface area contributed by atoms with E-state index in [9.17, 15) is 0 Å². The molecule has 0 aliphatic carbocycles. The number of hydrogen-bond acceptors (Lipinski definition) is 4. The summed E-state index contributed by atoms with van der Waals surface area (Å²) in [5.41, 5.74) is 9.39. The van der Waals surface area contributed by atoms with Crippen LogP contribution in [0.1, 0.15) is 0 Å². The van der Waals surface area contributed by atoms with Gasteiger partial charge in [0, 0.05) is 38.9 Å². The van der Waals surface area contributed by atoms with Crippen LogP contribution < -0.4 is 15.5 Å². The van der Waals surface area contributed by atoms with E-state index in [1.54, 1.807) is 0 Å². The summed E-state index contributed by atoms with van der Waals surface area (Å²) >= 11 is 0. The summed E-state index contributed by atoms with van der Waals surface area (Å²) in [6.07, 6.45) is 0. The third kappa shape index (κ3) is 1.72. The predicted molar refractivity (Wildman–Crippen MR) is 72.8 cm³/mol. The molecule has 2 aliphatic heterocycles. The SMILES string of the molecule is CN1CCN2c3cc(N)ccc3N(C)C[C@@H]2C1. The molecule has 0 aromatic heterocycles. The maximum Gasteiger partial charge on any atom is 0.0628 e. The normalized spacial score (nSPS) is 24.5. The molecule has 0 radical (unpaired) electrons. The Balaban J connectivity index is 2.01. The number of nitrogens with zero attached hydrogens (tertiary/aromatic N) is 3. The van der Waals surface area contributed by atoms with E-state index in [1.807, 2.05) is 6.07 Å². The number of hydrogen-bond donors (Lipinski definition) is 1. The molecule has 4 heteroatoms. The summed E-state index contributed by atoms with van der Waals surface area (Å²) in [7, 11) is 4.37. The standard InChI is InChI=1S/C13H20N4/c1-15-5-6-17-11(8-15)9-16(2)12-4-3-10(14)7-13(12)17/h3-4,7,11H,5-6,8-9,14H2,1-2H3/t11-/m0/s1. The Morgan fingerprint density at radius 3 is 2.76 bits per heavy atom. The highest BCUT2D eigenvalue weighted by Gasteiger charge is 2.32. The van der Waals surface area contributed by atoms with Crippen LogP contribution in [0.4, 0.5) is 17.1 Å². The fourth-order valence-electron chi connectivity index (χ4n) is 2.99. The topological polar surface area (TPSA) is 35.7 Å². The van der Waals surface area contributed by atoms with Gasteiger partial charge in [0.15, 0.2) is 0 Å². The van der Waals surface area contributed by atoms with Crippen molar-refractivity contribution in [2.24, 2.45) is 0 Å². The van der Waals surface area contributed by atoms with Crippen molar-refractivity contribution in [1.29, 1.82) is 0 Å². The molecule has 92 valence electrons. The molecule has 2 aliphatic rings. The maximum absolute atomic E-state index is 5.92. The molecule has 1 saturated heterocycles. The van der Waals surface area contributed by atoms with E-state index in [1.165, 1.54) is 11.4 Å². The maximum atomic E-state index is 5.92. The molecule has 2 N–H and O–H groups in total. The van der Waals surface area contributed by atoms with Crippen LogP contribution in [0.2, 0.25) is 0 Å². The smallest absolute Gasteiger partial charge is 0.0628 e. The Labute approximate surface area is 103 Å². The zero-order chi connectivity index (χ0) is 12.0. The molecular weight excluding hydrogens is 212 g/mol. The lowest BCUT2D eigenvalue weighted by atomic mass is 10.0. The minimum absolute atomic E-state index is 0.591. The van der Waals surface area contributed by atoms with Gasteiger partial charge in [0.1, 0.15) is 0 Å². The minimum atomic E-state index is 0.591. The van der Waals surface area contributed by atoms with Gasteiger partial charge in [0.05, 0.1) is 17.4 Å². The van der Waals surface area contributed by atoms with E-state index < -0.39 is 0 Å². The summed E-state index contributed by atoms with van der Waals surface area (Å²) in [6.45, 7) is 4.47. The van der Waals surface area contributed by atoms with Gasteiger partial charge in [-0.2, -0.15) is 0 Å². The lowest BCUT2D eigenvalue weighted by Crippen LogP contribution is -2.58. The third-order valence-corrected chi connectivity index (χ3v) is 3.89. The number of fused-ring (bicyclic) bond motifs is 3. The molecule has 2 heterocycles. The first kappa shape index (κ1) is 10.7. The second-order valence-electron chi connectivity index (χ2n) is 5.24. The highest BCUT2D eigenvalue weighted by Crippen LogP contribution is 2.37. The monoisotopic (exact) mass is 232 g/mol. The summed E-state index contributed by atoms with van der Waals surface area (Å²) in [5.74, 6) is 0. The van der Waals surface area contributed by atoms with Crippen LogP contribution in [0.3, 0.4) is 0 Å². The summed E-state index contributed by atoms with van der Waals surface area (Å²) in [4.78, 5) is 7.27. The number of likely N-dealkylation sites (N-methyl/N-ethyl adjacent to an activating group) is 2. The van der Waals surface area contributed by atoms with Crippen molar-refractivity contribution in [2.75, 3.05) is 55.8 Å². The molecule has 1 aromatic carbocycles. The van der Waals surface area contributed by atoms with Gasteiger partial charge < -0.3 is 20.4 Å². The van der Waals surface area contributed by atoms with Crippen LogP contribution in [0.15, 0.2) is 18.2 Å². The lowest BCUT2D eigenvalue weighted by molar-refractivity contribution is 0.265. The van der Waals surface area contributed by atoms with Crippen molar-refractivity contribution in [3.63, 3.8) is 0 Å². The Morgan fingerprint density at radius 2 is 1.94 bits per heavy atom. The molecule has 0 bridgehead atoms. The molecule has 4 nitrogen and oxygen atoms in total. The van der Waals surface area contributed by atoms with E-state index in [-0.39, 0.29) is 0 Å². The number of piperazine rings is 1. The number of nitrogen functional groups attached to an aromatic ring is 1. The van der Waals surface area contributed by atoms with Crippen LogP contribution in [-0.4, -0.2) is 51.2 Å². The third-order valence-electron chi connectivity index (χ3n) is 3.89. The molecule has 1 aromatic rings. The van der Waals surface area contributed by atoms with Gasteiger partial charge in [-0.1, -0.05) is 0 Å². The number of benzene rings is 1. The van der Waals surface area contributed by atoms with E-state index in [4.69, 9.17) is 5.73 Å². The van der Waals surface area contributed by atoms with Crippen LogP contribution in [0.25, 0.3) is 0 Å². The number of rotatable bonds is 0. The Morgan fingerprint density at radius 1 is 1.12 bits per heavy atom. The second kappa shape index (κ2) is 3.81. The van der Waals surface area contributed by atoms with Gasteiger partial charge >= 0.3 is 0 Å². The predicted octanol–water partition coefficient (Wildman–Crippen LogP) is 0.839. The summed E-state index contributed by atoms with van der Waals surface area (Å²) < 4.78 is 0. The molecular formula is C13H20N4. The largest absolute Gasteiger partial charge is 0.399 e. The molecule has 3 rings (SSSR count). The van der Waals surface area contributed by atoms with Crippen molar-refractivity contribution in [2.45, 2.75) is 6.04 Å². The lowest BCUT2D eigenvalue weighted by Gasteiger charge is -2.48. The van der Waals surface area contributed by atoms with E-state index in [2.05, 4.69) is 40.9 Å². The number of anilines is 3. The zero-order valence-electron chi connectivity index (χ0n) is 10.6. The molecule has 1 atom stereocenters. The molecule has 0 spiro atoms. The van der Waals surface area contributed by atoms with Crippen LogP contribution in [0, 0.1) is 0 Å². The highest BCUT2D eigenvalue weighted by molar-refractivity contribution is 5.77. The molecule has 17 heavy (non-hydrogen) atoms. The van der Waals surface area contributed by atoms with E-state index >= 15 is 0 Å². The first-order valence-corrected chi connectivity index (χ1v) is 6.21. The molecule has 1 fully saturated rings. The zero-order valence-corrected chi connectivity index (χ0v) is 10.6. The fourth-order valence-corrected chi connectivity index (χ4v) is 2.99. The van der Waals surface area contributed by atoms with Gasteiger partial charge in [-0.15, -0.1) is 0 Å². The first-order chi connectivity index (χ1) is 8.15. The average Bonchev–Trinajstić information content (AvgIpc) is 2.28. The van der Waals surface area contributed by atoms with Crippen LogP contribution in [-0.2, 0) is 0 Å². The Kier molecular flexibility index (Phi) is 2.40. The summed E-state index contributed by atoms with van der Waals surface area (Å²) in [5, 5.41) is 0. The quantitative estimate of drug-likeness (QED) is 0.672. The van der Waals surface area contributed by atoms with Crippen molar-refractivity contribution < 1.29 is 0 Å². The van der Waals surface area contributed by atoms with E-state index in [0.717, 1.165) is 31.9 Å². The van der Waals surface area contributed by atoms with Crippen molar-refractivity contribution in [1.82, 2.24) is 4.90 Å². The second-order valence-corrected chi connectivity index (χ2v) is 5.24.